The lowest BCUT2D eigenvalue weighted by molar-refractivity contribution is 0.500. The van der Waals surface area contributed by atoms with E-state index < -0.39 is 11.6 Å². The zero-order valence-corrected chi connectivity index (χ0v) is 12.0. The molecule has 0 radical (unpaired) electrons. The second-order valence-corrected chi connectivity index (χ2v) is 5.87. The van der Waals surface area contributed by atoms with Gasteiger partial charge in [-0.3, -0.25) is 0 Å². The first-order valence-corrected chi connectivity index (χ1v) is 7.12. The number of aryl methyl sites for hydroxylation is 1. The molecule has 0 aliphatic rings. The standard InChI is InChI=1S/C15H17F2NS/c1-9(2)18-15(14-5-4-6-19-14)11-7-10(3)12(16)8-13(11)17/h4-9,15,18H,1-3H3. The van der Waals surface area contributed by atoms with Gasteiger partial charge >= 0.3 is 0 Å². The highest BCUT2D eigenvalue weighted by Crippen LogP contribution is 2.29. The Kier molecular flexibility index (Phi) is 4.32. The topological polar surface area (TPSA) is 12.0 Å². The van der Waals surface area contributed by atoms with Crippen molar-refractivity contribution in [3.05, 3.63) is 57.3 Å². The van der Waals surface area contributed by atoms with E-state index in [0.29, 0.717) is 11.1 Å². The van der Waals surface area contributed by atoms with Crippen molar-refractivity contribution < 1.29 is 8.78 Å². The summed E-state index contributed by atoms with van der Waals surface area (Å²) in [5.41, 5.74) is 0.957. The summed E-state index contributed by atoms with van der Waals surface area (Å²) in [6.07, 6.45) is 0. The van der Waals surface area contributed by atoms with Gasteiger partial charge in [-0.1, -0.05) is 6.07 Å². The number of hydrogen-bond donors (Lipinski definition) is 1. The minimum atomic E-state index is -0.505. The van der Waals surface area contributed by atoms with Crippen molar-refractivity contribution in [2.24, 2.45) is 0 Å². The number of nitrogens with one attached hydrogen (secondary N) is 1. The Morgan fingerprint density at radius 3 is 2.47 bits per heavy atom. The molecule has 2 rings (SSSR count). The van der Waals surface area contributed by atoms with E-state index in [-0.39, 0.29) is 12.1 Å². The second kappa shape index (κ2) is 5.80. The maximum Gasteiger partial charge on any atom is 0.131 e. The van der Waals surface area contributed by atoms with Gasteiger partial charge in [0, 0.05) is 22.5 Å². The Morgan fingerprint density at radius 2 is 1.89 bits per heavy atom. The highest BCUT2D eigenvalue weighted by Gasteiger charge is 2.21. The molecule has 1 nitrogen and oxygen atoms in total. The minimum absolute atomic E-state index is 0.205. The number of halogens is 2. The lowest BCUT2D eigenvalue weighted by Gasteiger charge is -2.21. The van der Waals surface area contributed by atoms with Crippen molar-refractivity contribution in [3.63, 3.8) is 0 Å². The number of rotatable bonds is 4. The molecule has 0 bridgehead atoms. The van der Waals surface area contributed by atoms with Crippen LogP contribution in [-0.2, 0) is 0 Å². The van der Waals surface area contributed by atoms with Crippen LogP contribution in [0.5, 0.6) is 0 Å². The van der Waals surface area contributed by atoms with E-state index in [9.17, 15) is 8.78 Å². The van der Waals surface area contributed by atoms with Gasteiger partial charge in [0.05, 0.1) is 6.04 Å². The fraction of sp³-hybridized carbons (Fsp3) is 0.333. The average molecular weight is 281 g/mol. The maximum absolute atomic E-state index is 14.0. The molecule has 1 N–H and O–H groups in total. The highest BCUT2D eigenvalue weighted by atomic mass is 32.1. The third-order valence-corrected chi connectivity index (χ3v) is 3.85. The number of thiophene rings is 1. The third-order valence-electron chi connectivity index (χ3n) is 2.92. The van der Waals surface area contributed by atoms with Crippen LogP contribution in [0, 0.1) is 18.6 Å². The Labute approximate surface area is 116 Å². The minimum Gasteiger partial charge on any atom is -0.303 e. The van der Waals surface area contributed by atoms with Crippen molar-refractivity contribution >= 4 is 11.3 Å². The third kappa shape index (κ3) is 3.19. The molecule has 0 aliphatic heterocycles. The fourth-order valence-corrected chi connectivity index (χ4v) is 2.82. The van der Waals surface area contributed by atoms with Crippen LogP contribution in [0.25, 0.3) is 0 Å². The van der Waals surface area contributed by atoms with Crippen LogP contribution in [-0.4, -0.2) is 6.04 Å². The summed E-state index contributed by atoms with van der Waals surface area (Å²) in [6.45, 7) is 5.67. The Hall–Kier alpha value is -1.26. The second-order valence-electron chi connectivity index (χ2n) is 4.89. The van der Waals surface area contributed by atoms with Gasteiger partial charge in [0.25, 0.3) is 0 Å². The summed E-state index contributed by atoms with van der Waals surface area (Å²) in [7, 11) is 0. The lowest BCUT2D eigenvalue weighted by Crippen LogP contribution is -2.29. The summed E-state index contributed by atoms with van der Waals surface area (Å²) in [4.78, 5) is 1.03. The van der Waals surface area contributed by atoms with Crippen molar-refractivity contribution in [2.45, 2.75) is 32.9 Å². The van der Waals surface area contributed by atoms with E-state index in [2.05, 4.69) is 5.32 Å². The molecule has 102 valence electrons. The Morgan fingerprint density at radius 1 is 1.16 bits per heavy atom. The first kappa shape index (κ1) is 14.2. The molecule has 1 atom stereocenters. The largest absolute Gasteiger partial charge is 0.303 e. The molecule has 1 heterocycles. The summed E-state index contributed by atoms with van der Waals surface area (Å²) < 4.78 is 27.4. The van der Waals surface area contributed by atoms with Crippen LogP contribution in [0.1, 0.15) is 35.9 Å². The van der Waals surface area contributed by atoms with E-state index in [1.54, 1.807) is 24.3 Å². The monoisotopic (exact) mass is 281 g/mol. The van der Waals surface area contributed by atoms with Crippen molar-refractivity contribution in [2.75, 3.05) is 0 Å². The number of hydrogen-bond acceptors (Lipinski definition) is 2. The normalized spacial score (nSPS) is 12.9. The van der Waals surface area contributed by atoms with Crippen LogP contribution in [0.3, 0.4) is 0 Å². The zero-order valence-electron chi connectivity index (χ0n) is 11.2. The molecule has 1 aromatic carbocycles. The van der Waals surface area contributed by atoms with E-state index in [1.165, 1.54) is 0 Å². The lowest BCUT2D eigenvalue weighted by atomic mass is 10.0. The van der Waals surface area contributed by atoms with Crippen LogP contribution < -0.4 is 5.32 Å². The predicted octanol–water partition coefficient (Wildman–Crippen LogP) is 4.42. The summed E-state index contributed by atoms with van der Waals surface area (Å²) in [5.74, 6) is -1.01. The first-order chi connectivity index (χ1) is 8.99. The molecule has 1 aromatic heterocycles. The van der Waals surface area contributed by atoms with Crippen LogP contribution in [0.2, 0.25) is 0 Å². The van der Waals surface area contributed by atoms with Gasteiger partial charge in [0.1, 0.15) is 11.6 Å². The van der Waals surface area contributed by atoms with Crippen LogP contribution in [0.4, 0.5) is 8.78 Å². The summed E-state index contributed by atoms with van der Waals surface area (Å²) in [5, 5.41) is 5.29. The van der Waals surface area contributed by atoms with Gasteiger partial charge in [-0.15, -0.1) is 11.3 Å². The molecule has 0 amide bonds. The van der Waals surface area contributed by atoms with Crippen LogP contribution in [0.15, 0.2) is 29.6 Å². The van der Waals surface area contributed by atoms with Crippen LogP contribution >= 0.6 is 11.3 Å². The van der Waals surface area contributed by atoms with Crippen molar-refractivity contribution in [3.8, 4) is 0 Å². The Bertz CT molecular complexity index is 550. The van der Waals surface area contributed by atoms with E-state index in [0.717, 1.165) is 10.9 Å². The SMILES string of the molecule is Cc1cc(C(NC(C)C)c2cccs2)c(F)cc1F. The molecule has 2 aromatic rings. The molecule has 19 heavy (non-hydrogen) atoms. The molecule has 0 saturated carbocycles. The van der Waals surface area contributed by atoms with Gasteiger partial charge in [0.2, 0.25) is 0 Å². The van der Waals surface area contributed by atoms with E-state index in [4.69, 9.17) is 0 Å². The van der Waals surface area contributed by atoms with E-state index >= 15 is 0 Å². The average Bonchev–Trinajstić information content (AvgIpc) is 2.84. The Balaban J connectivity index is 2.46. The van der Waals surface area contributed by atoms with Gasteiger partial charge in [0.15, 0.2) is 0 Å². The van der Waals surface area contributed by atoms with E-state index in [1.807, 2.05) is 31.4 Å². The number of benzene rings is 1. The maximum atomic E-state index is 14.0. The molecule has 0 fully saturated rings. The molecule has 0 aliphatic carbocycles. The first-order valence-electron chi connectivity index (χ1n) is 6.24. The van der Waals surface area contributed by atoms with Gasteiger partial charge in [-0.25, -0.2) is 8.78 Å². The van der Waals surface area contributed by atoms with Crippen molar-refractivity contribution in [1.82, 2.24) is 5.32 Å². The molecule has 0 saturated heterocycles. The quantitative estimate of drug-likeness (QED) is 0.874. The predicted molar refractivity (Wildman–Crippen MR) is 75.5 cm³/mol. The molecule has 1 unspecified atom stereocenters. The summed E-state index contributed by atoms with van der Waals surface area (Å²) >= 11 is 1.56. The van der Waals surface area contributed by atoms with Gasteiger partial charge in [-0.2, -0.15) is 0 Å². The molecular weight excluding hydrogens is 264 g/mol. The summed E-state index contributed by atoms with van der Waals surface area (Å²) in [6, 6.07) is 6.42. The smallest absolute Gasteiger partial charge is 0.131 e. The molecular formula is C15H17F2NS. The fourth-order valence-electron chi connectivity index (χ4n) is 2.01. The highest BCUT2D eigenvalue weighted by molar-refractivity contribution is 7.10. The molecule has 4 heteroatoms. The zero-order chi connectivity index (χ0) is 14.0. The molecule has 0 spiro atoms. The van der Waals surface area contributed by atoms with Crippen molar-refractivity contribution in [1.29, 1.82) is 0 Å². The van der Waals surface area contributed by atoms with Gasteiger partial charge < -0.3 is 5.32 Å². The van der Waals surface area contributed by atoms with Gasteiger partial charge in [-0.05, 0) is 43.8 Å².